The van der Waals surface area contributed by atoms with E-state index in [-0.39, 0.29) is 18.4 Å². The fourth-order valence-corrected chi connectivity index (χ4v) is 2.76. The van der Waals surface area contributed by atoms with E-state index in [1.165, 1.54) is 0 Å². The van der Waals surface area contributed by atoms with Crippen LogP contribution in [0.1, 0.15) is 21.5 Å². The van der Waals surface area contributed by atoms with Gasteiger partial charge in [0.25, 0.3) is 11.8 Å². The molecule has 6 nitrogen and oxygen atoms in total. The van der Waals surface area contributed by atoms with Gasteiger partial charge in [-0.15, -0.1) is 0 Å². The van der Waals surface area contributed by atoms with Crippen LogP contribution in [-0.4, -0.2) is 38.7 Å². The molecule has 0 aliphatic carbocycles. The minimum Gasteiger partial charge on any atom is -0.482 e. The molecule has 0 fully saturated rings. The van der Waals surface area contributed by atoms with Gasteiger partial charge in [-0.3, -0.25) is 9.59 Å². The number of nitrogens with one attached hydrogen (secondary N) is 1. The Kier molecular flexibility index (Phi) is 5.53. The number of fused-ring (bicyclic) bond motifs is 1. The lowest BCUT2D eigenvalue weighted by atomic mass is 10.1. The molecule has 2 aromatic carbocycles. The third-order valence-corrected chi connectivity index (χ3v) is 4.22. The molecule has 26 heavy (non-hydrogen) atoms. The summed E-state index contributed by atoms with van der Waals surface area (Å²) in [6.07, 6.45) is 0. The maximum Gasteiger partial charge on any atom is 0.265 e. The molecule has 0 unspecified atom stereocenters. The topological polar surface area (TPSA) is 67.9 Å². The molecule has 1 aliphatic rings. The van der Waals surface area contributed by atoms with E-state index in [9.17, 15) is 9.59 Å². The second-order valence-electron chi connectivity index (χ2n) is 6.19. The fraction of sp³-hybridized carbons (Fsp3) is 0.300. The average Bonchev–Trinajstić information content (AvgIpc) is 2.65. The molecule has 1 aliphatic heterocycles. The molecule has 0 bridgehead atoms. The predicted octanol–water partition coefficient (Wildman–Crippen LogP) is 2.30. The van der Waals surface area contributed by atoms with Gasteiger partial charge in [0.15, 0.2) is 6.61 Å². The van der Waals surface area contributed by atoms with Crippen LogP contribution in [0.25, 0.3) is 0 Å². The van der Waals surface area contributed by atoms with E-state index < -0.39 is 0 Å². The third kappa shape index (κ3) is 4.03. The van der Waals surface area contributed by atoms with Gasteiger partial charge in [-0.05, 0) is 30.7 Å². The molecule has 0 radical (unpaired) electrons. The number of hydrogen-bond acceptors (Lipinski definition) is 4. The quantitative estimate of drug-likeness (QED) is 0.809. The van der Waals surface area contributed by atoms with Crippen molar-refractivity contribution < 1.29 is 19.1 Å². The number of benzene rings is 2. The van der Waals surface area contributed by atoms with Crippen molar-refractivity contribution in [3.8, 4) is 5.75 Å². The first-order chi connectivity index (χ1) is 12.6. The molecular formula is C20H22N2O4. The number of carbonyl (C=O) groups is 2. The van der Waals surface area contributed by atoms with Crippen LogP contribution in [0.2, 0.25) is 0 Å². The number of amides is 2. The summed E-state index contributed by atoms with van der Waals surface area (Å²) >= 11 is 0. The van der Waals surface area contributed by atoms with Gasteiger partial charge in [-0.1, -0.05) is 29.8 Å². The van der Waals surface area contributed by atoms with Crippen LogP contribution in [0.3, 0.4) is 0 Å². The Labute approximate surface area is 152 Å². The van der Waals surface area contributed by atoms with E-state index in [2.05, 4.69) is 5.32 Å². The van der Waals surface area contributed by atoms with Gasteiger partial charge in [0.05, 0.1) is 18.8 Å². The van der Waals surface area contributed by atoms with Gasteiger partial charge in [0, 0.05) is 19.2 Å². The SMILES string of the molecule is COCCNC(=O)c1ccc2c(c1)N(Cc1ccc(C)cc1)C(=O)CO2. The lowest BCUT2D eigenvalue weighted by molar-refractivity contribution is -0.121. The van der Waals surface area contributed by atoms with Crippen molar-refractivity contribution in [2.24, 2.45) is 0 Å². The van der Waals surface area contributed by atoms with Crippen molar-refractivity contribution in [1.29, 1.82) is 0 Å². The van der Waals surface area contributed by atoms with Crippen LogP contribution in [-0.2, 0) is 16.1 Å². The standard InChI is InChI=1S/C20H22N2O4/c1-14-3-5-15(6-4-14)12-22-17-11-16(20(24)21-9-10-25-2)7-8-18(17)26-13-19(22)23/h3-8,11H,9-10,12-13H2,1-2H3,(H,21,24). The maximum atomic E-state index is 12.4. The molecule has 0 atom stereocenters. The zero-order chi connectivity index (χ0) is 18.5. The molecule has 3 rings (SSSR count). The van der Waals surface area contributed by atoms with Crippen LogP contribution in [0.5, 0.6) is 5.75 Å². The molecule has 2 aromatic rings. The second-order valence-corrected chi connectivity index (χ2v) is 6.19. The molecule has 0 spiro atoms. The number of carbonyl (C=O) groups excluding carboxylic acids is 2. The Morgan fingerprint density at radius 1 is 1.23 bits per heavy atom. The summed E-state index contributed by atoms with van der Waals surface area (Å²) in [5, 5.41) is 2.78. The predicted molar refractivity (Wildman–Crippen MR) is 98.5 cm³/mol. The number of nitrogens with zero attached hydrogens (tertiary/aromatic N) is 1. The van der Waals surface area contributed by atoms with Gasteiger partial charge in [0.2, 0.25) is 0 Å². The van der Waals surface area contributed by atoms with E-state index >= 15 is 0 Å². The monoisotopic (exact) mass is 354 g/mol. The van der Waals surface area contributed by atoms with Gasteiger partial charge in [-0.2, -0.15) is 0 Å². The van der Waals surface area contributed by atoms with Gasteiger partial charge in [0.1, 0.15) is 5.75 Å². The second kappa shape index (κ2) is 8.01. The van der Waals surface area contributed by atoms with E-state index in [1.54, 1.807) is 30.2 Å². The van der Waals surface area contributed by atoms with E-state index in [1.807, 2.05) is 31.2 Å². The largest absolute Gasteiger partial charge is 0.482 e. The van der Waals surface area contributed by atoms with Crippen LogP contribution >= 0.6 is 0 Å². The first-order valence-corrected chi connectivity index (χ1v) is 8.48. The normalized spacial score (nSPS) is 13.2. The summed E-state index contributed by atoms with van der Waals surface area (Å²) in [6, 6.07) is 13.2. The average molecular weight is 354 g/mol. The number of hydrogen-bond donors (Lipinski definition) is 1. The lowest BCUT2D eigenvalue weighted by Gasteiger charge is -2.30. The van der Waals surface area contributed by atoms with Crippen LogP contribution in [0, 0.1) is 6.92 Å². The van der Waals surface area contributed by atoms with Crippen molar-refractivity contribution >= 4 is 17.5 Å². The summed E-state index contributed by atoms with van der Waals surface area (Å²) in [7, 11) is 1.58. The van der Waals surface area contributed by atoms with Crippen LogP contribution in [0.15, 0.2) is 42.5 Å². The number of methoxy groups -OCH3 is 1. The zero-order valence-corrected chi connectivity index (χ0v) is 15.0. The number of rotatable bonds is 6. The Balaban J connectivity index is 1.84. The van der Waals surface area contributed by atoms with Crippen molar-refractivity contribution in [2.45, 2.75) is 13.5 Å². The van der Waals surface area contributed by atoms with Gasteiger partial charge in [-0.25, -0.2) is 0 Å². The summed E-state index contributed by atoms with van der Waals surface area (Å²) < 4.78 is 10.5. The van der Waals surface area contributed by atoms with Crippen molar-refractivity contribution in [1.82, 2.24) is 5.32 Å². The molecule has 136 valence electrons. The highest BCUT2D eigenvalue weighted by atomic mass is 16.5. The Morgan fingerprint density at radius 3 is 2.73 bits per heavy atom. The maximum absolute atomic E-state index is 12.4. The highest BCUT2D eigenvalue weighted by molar-refractivity contribution is 6.01. The van der Waals surface area contributed by atoms with Crippen molar-refractivity contribution in [2.75, 3.05) is 31.8 Å². The minimum absolute atomic E-state index is 0.00174. The summed E-state index contributed by atoms with van der Waals surface area (Å²) in [5.74, 6) is 0.262. The molecule has 0 aromatic heterocycles. The summed E-state index contributed by atoms with van der Waals surface area (Å²) in [6.45, 7) is 3.32. The smallest absolute Gasteiger partial charge is 0.265 e. The third-order valence-electron chi connectivity index (χ3n) is 4.22. The summed E-state index contributed by atoms with van der Waals surface area (Å²) in [5.41, 5.74) is 3.28. The van der Waals surface area contributed by atoms with Gasteiger partial charge < -0.3 is 19.7 Å². The molecule has 0 saturated heterocycles. The fourth-order valence-electron chi connectivity index (χ4n) is 2.76. The first kappa shape index (κ1) is 17.9. The highest BCUT2D eigenvalue weighted by Gasteiger charge is 2.26. The first-order valence-electron chi connectivity index (χ1n) is 8.48. The number of aryl methyl sites for hydroxylation is 1. The molecule has 0 saturated carbocycles. The Bertz CT molecular complexity index is 802. The molecule has 1 N–H and O–H groups in total. The zero-order valence-electron chi connectivity index (χ0n) is 15.0. The van der Waals surface area contributed by atoms with Crippen molar-refractivity contribution in [3.05, 3.63) is 59.2 Å². The molecule has 1 heterocycles. The van der Waals surface area contributed by atoms with Crippen molar-refractivity contribution in [3.63, 3.8) is 0 Å². The number of anilines is 1. The van der Waals surface area contributed by atoms with Crippen LogP contribution < -0.4 is 15.0 Å². The minimum atomic E-state index is -0.210. The van der Waals surface area contributed by atoms with Crippen LogP contribution in [0.4, 0.5) is 5.69 Å². The molecule has 6 heteroatoms. The Morgan fingerprint density at radius 2 is 2.00 bits per heavy atom. The Hall–Kier alpha value is -2.86. The molecular weight excluding hydrogens is 332 g/mol. The van der Waals surface area contributed by atoms with Gasteiger partial charge >= 0.3 is 0 Å². The van der Waals surface area contributed by atoms with E-state index in [0.717, 1.165) is 11.1 Å². The molecule has 2 amide bonds. The summed E-state index contributed by atoms with van der Waals surface area (Å²) in [4.78, 5) is 26.3. The van der Waals surface area contributed by atoms with E-state index in [4.69, 9.17) is 9.47 Å². The lowest BCUT2D eigenvalue weighted by Crippen LogP contribution is -2.38. The highest BCUT2D eigenvalue weighted by Crippen LogP contribution is 2.34. The van der Waals surface area contributed by atoms with E-state index in [0.29, 0.717) is 36.7 Å². The number of ether oxygens (including phenoxy) is 2.